The first-order valence-corrected chi connectivity index (χ1v) is 9.18. The van der Waals surface area contributed by atoms with Crippen LogP contribution >= 0.6 is 11.3 Å². The van der Waals surface area contributed by atoms with E-state index in [0.29, 0.717) is 10.6 Å². The van der Waals surface area contributed by atoms with Gasteiger partial charge in [0.2, 0.25) is 15.9 Å². The highest BCUT2D eigenvalue weighted by Crippen LogP contribution is 2.23. The molecule has 2 aromatic rings. The van der Waals surface area contributed by atoms with Gasteiger partial charge in [-0.3, -0.25) is 4.79 Å². The Labute approximate surface area is 139 Å². The molecule has 1 aromatic carbocycles. The third-order valence-electron chi connectivity index (χ3n) is 3.18. The molecule has 1 atom stereocenters. The minimum Gasteiger partial charge on any atom is -0.386 e. The fourth-order valence-electron chi connectivity index (χ4n) is 2.01. The molecule has 0 radical (unpaired) electrons. The van der Waals surface area contributed by atoms with Gasteiger partial charge in [0.05, 0.1) is 4.90 Å². The SMILES string of the molecule is CC(=O)Nc1ccc(S(=O)(=O)N(C)CC(O)c2cccs2)cc1. The summed E-state index contributed by atoms with van der Waals surface area (Å²) in [6.07, 6.45) is -0.867. The van der Waals surface area contributed by atoms with Crippen LogP contribution in [-0.2, 0) is 14.8 Å². The van der Waals surface area contributed by atoms with Crippen LogP contribution in [0, 0.1) is 0 Å². The van der Waals surface area contributed by atoms with Crippen molar-refractivity contribution in [3.8, 4) is 0 Å². The molecule has 1 aromatic heterocycles. The van der Waals surface area contributed by atoms with Gasteiger partial charge < -0.3 is 10.4 Å². The highest BCUT2D eigenvalue weighted by molar-refractivity contribution is 7.89. The quantitative estimate of drug-likeness (QED) is 0.831. The number of hydrogen-bond donors (Lipinski definition) is 2. The molecule has 2 N–H and O–H groups in total. The Morgan fingerprint density at radius 1 is 1.30 bits per heavy atom. The van der Waals surface area contributed by atoms with Crippen LogP contribution in [0.15, 0.2) is 46.7 Å². The van der Waals surface area contributed by atoms with Crippen molar-refractivity contribution in [2.45, 2.75) is 17.9 Å². The largest absolute Gasteiger partial charge is 0.386 e. The highest BCUT2D eigenvalue weighted by atomic mass is 32.2. The predicted molar refractivity (Wildman–Crippen MR) is 89.8 cm³/mol. The first-order chi connectivity index (χ1) is 10.8. The summed E-state index contributed by atoms with van der Waals surface area (Å²) in [5.41, 5.74) is 0.526. The Kier molecular flexibility index (Phi) is 5.53. The summed E-state index contributed by atoms with van der Waals surface area (Å²) in [6.45, 7) is 1.35. The fourth-order valence-corrected chi connectivity index (χ4v) is 3.89. The van der Waals surface area contributed by atoms with Gasteiger partial charge in [0.15, 0.2) is 0 Å². The Hall–Kier alpha value is -1.74. The Morgan fingerprint density at radius 3 is 2.48 bits per heavy atom. The molecule has 1 amide bonds. The molecule has 0 fully saturated rings. The topological polar surface area (TPSA) is 86.7 Å². The van der Waals surface area contributed by atoms with Crippen LogP contribution in [0.2, 0.25) is 0 Å². The van der Waals surface area contributed by atoms with Gasteiger partial charge in [-0.05, 0) is 35.7 Å². The summed E-state index contributed by atoms with van der Waals surface area (Å²) >= 11 is 1.38. The summed E-state index contributed by atoms with van der Waals surface area (Å²) < 4.78 is 26.1. The predicted octanol–water partition coefficient (Wildman–Crippen LogP) is 2.06. The first-order valence-electron chi connectivity index (χ1n) is 6.86. The lowest BCUT2D eigenvalue weighted by atomic mass is 10.3. The number of aliphatic hydroxyl groups excluding tert-OH is 1. The number of benzene rings is 1. The molecule has 0 aliphatic rings. The number of rotatable bonds is 6. The third-order valence-corrected chi connectivity index (χ3v) is 6.00. The summed E-state index contributed by atoms with van der Waals surface area (Å²) in [4.78, 5) is 11.8. The number of nitrogens with zero attached hydrogens (tertiary/aromatic N) is 1. The maximum absolute atomic E-state index is 12.5. The zero-order valence-corrected chi connectivity index (χ0v) is 14.4. The minimum atomic E-state index is -3.71. The number of amides is 1. The van der Waals surface area contributed by atoms with Crippen LogP contribution in [0.4, 0.5) is 5.69 Å². The number of thiophene rings is 1. The van der Waals surface area contributed by atoms with Crippen LogP contribution in [0.5, 0.6) is 0 Å². The van der Waals surface area contributed by atoms with E-state index in [2.05, 4.69) is 5.32 Å². The van der Waals surface area contributed by atoms with Crippen LogP contribution < -0.4 is 5.32 Å². The Morgan fingerprint density at radius 2 is 1.96 bits per heavy atom. The number of hydrogen-bond acceptors (Lipinski definition) is 5. The second-order valence-electron chi connectivity index (χ2n) is 5.02. The summed E-state index contributed by atoms with van der Waals surface area (Å²) in [7, 11) is -2.28. The van der Waals surface area contributed by atoms with Gasteiger partial charge in [-0.1, -0.05) is 6.07 Å². The van der Waals surface area contributed by atoms with Crippen LogP contribution in [-0.4, -0.2) is 37.3 Å². The van der Waals surface area contributed by atoms with Crippen LogP contribution in [0.3, 0.4) is 0 Å². The molecule has 23 heavy (non-hydrogen) atoms. The van der Waals surface area contributed by atoms with Crippen LogP contribution in [0.25, 0.3) is 0 Å². The van der Waals surface area contributed by atoms with Crippen molar-refractivity contribution in [2.75, 3.05) is 18.9 Å². The van der Waals surface area contributed by atoms with Crippen molar-refractivity contribution in [3.05, 3.63) is 46.7 Å². The van der Waals surface area contributed by atoms with Crippen molar-refractivity contribution >= 4 is 33.0 Å². The van der Waals surface area contributed by atoms with Gasteiger partial charge in [0.1, 0.15) is 6.10 Å². The van der Waals surface area contributed by atoms with Gasteiger partial charge >= 0.3 is 0 Å². The van der Waals surface area contributed by atoms with Gasteiger partial charge in [-0.25, -0.2) is 8.42 Å². The first kappa shape index (κ1) is 17.6. The van der Waals surface area contributed by atoms with E-state index in [1.54, 1.807) is 12.1 Å². The number of anilines is 1. The molecule has 6 nitrogen and oxygen atoms in total. The van der Waals surface area contributed by atoms with E-state index in [1.165, 1.54) is 49.6 Å². The summed E-state index contributed by atoms with van der Waals surface area (Å²) in [5.74, 6) is -0.225. The van der Waals surface area contributed by atoms with Crippen molar-refractivity contribution in [2.24, 2.45) is 0 Å². The zero-order chi connectivity index (χ0) is 17.0. The number of aliphatic hydroxyl groups is 1. The van der Waals surface area contributed by atoms with Crippen molar-refractivity contribution < 1.29 is 18.3 Å². The van der Waals surface area contributed by atoms with E-state index >= 15 is 0 Å². The normalized spacial score (nSPS) is 13.0. The zero-order valence-electron chi connectivity index (χ0n) is 12.8. The van der Waals surface area contributed by atoms with E-state index in [9.17, 15) is 18.3 Å². The number of carbonyl (C=O) groups is 1. The smallest absolute Gasteiger partial charge is 0.242 e. The molecule has 1 heterocycles. The molecule has 8 heteroatoms. The second kappa shape index (κ2) is 7.22. The van der Waals surface area contributed by atoms with E-state index < -0.39 is 16.1 Å². The minimum absolute atomic E-state index is 0.0315. The number of sulfonamides is 1. The highest BCUT2D eigenvalue weighted by Gasteiger charge is 2.24. The second-order valence-corrected chi connectivity index (χ2v) is 8.05. The van der Waals surface area contributed by atoms with E-state index in [1.807, 2.05) is 5.38 Å². The molecule has 1 unspecified atom stereocenters. The molecular weight excluding hydrogens is 336 g/mol. The molecule has 2 rings (SSSR count). The standard InChI is InChI=1S/C15H18N2O4S2/c1-11(18)16-12-5-7-13(8-6-12)23(20,21)17(2)10-14(19)15-4-3-9-22-15/h3-9,14,19H,10H2,1-2H3,(H,16,18). The monoisotopic (exact) mass is 354 g/mol. The average molecular weight is 354 g/mol. The molecule has 0 saturated carbocycles. The number of carbonyl (C=O) groups excluding carboxylic acids is 1. The molecule has 0 aliphatic heterocycles. The fraction of sp³-hybridized carbons (Fsp3) is 0.267. The molecule has 0 bridgehead atoms. The van der Waals surface area contributed by atoms with Gasteiger partial charge in [-0.2, -0.15) is 4.31 Å². The lowest BCUT2D eigenvalue weighted by Gasteiger charge is -2.20. The lowest BCUT2D eigenvalue weighted by molar-refractivity contribution is -0.114. The maximum Gasteiger partial charge on any atom is 0.242 e. The van der Waals surface area contributed by atoms with E-state index in [-0.39, 0.29) is 17.3 Å². The summed E-state index contributed by atoms with van der Waals surface area (Å²) in [5, 5.41) is 14.5. The molecule has 124 valence electrons. The number of likely N-dealkylation sites (N-methyl/N-ethyl adjacent to an activating group) is 1. The summed E-state index contributed by atoms with van der Waals surface area (Å²) in [6, 6.07) is 9.47. The van der Waals surface area contributed by atoms with E-state index in [4.69, 9.17) is 0 Å². The molecule has 0 spiro atoms. The Bertz CT molecular complexity index is 755. The Balaban J connectivity index is 2.12. The molecule has 0 aliphatic carbocycles. The van der Waals surface area contributed by atoms with Crippen molar-refractivity contribution in [3.63, 3.8) is 0 Å². The number of nitrogens with one attached hydrogen (secondary N) is 1. The third kappa shape index (κ3) is 4.38. The average Bonchev–Trinajstić information content (AvgIpc) is 3.01. The van der Waals surface area contributed by atoms with Gasteiger partial charge in [0.25, 0.3) is 0 Å². The maximum atomic E-state index is 12.5. The van der Waals surface area contributed by atoms with Crippen molar-refractivity contribution in [1.82, 2.24) is 4.31 Å². The van der Waals surface area contributed by atoms with Gasteiger partial charge in [-0.15, -0.1) is 11.3 Å². The van der Waals surface area contributed by atoms with Gasteiger partial charge in [0, 0.05) is 31.1 Å². The molecule has 0 saturated heterocycles. The van der Waals surface area contributed by atoms with E-state index in [0.717, 1.165) is 4.31 Å². The van der Waals surface area contributed by atoms with Crippen LogP contribution in [0.1, 0.15) is 17.9 Å². The van der Waals surface area contributed by atoms with Crippen molar-refractivity contribution in [1.29, 1.82) is 0 Å². The lowest BCUT2D eigenvalue weighted by Crippen LogP contribution is -2.31. The molecular formula is C15H18N2O4S2.